The van der Waals surface area contributed by atoms with Crippen LogP contribution in [0.1, 0.15) is 25.7 Å². The number of nitrogens with one attached hydrogen (secondary N) is 2. The number of hydrogen-bond donors (Lipinski definition) is 2. The number of hydrogen-bond acceptors (Lipinski definition) is 4. The van der Waals surface area contributed by atoms with E-state index in [0.717, 1.165) is 35.7 Å². The third-order valence-corrected chi connectivity index (χ3v) is 4.41. The van der Waals surface area contributed by atoms with E-state index in [4.69, 9.17) is 0 Å². The highest BCUT2D eigenvalue weighted by atomic mass is 16.6. The van der Waals surface area contributed by atoms with Crippen LogP contribution >= 0.6 is 0 Å². The Morgan fingerprint density at radius 1 is 1.20 bits per heavy atom. The lowest BCUT2D eigenvalue weighted by Gasteiger charge is -2.17. The summed E-state index contributed by atoms with van der Waals surface area (Å²) in [7, 11) is 1.78. The number of non-ortho nitro benzene ring substituents is 1. The van der Waals surface area contributed by atoms with E-state index in [9.17, 15) is 10.1 Å². The van der Waals surface area contributed by atoms with Crippen molar-refractivity contribution in [1.82, 2.24) is 0 Å². The molecule has 2 aliphatic rings. The van der Waals surface area contributed by atoms with Crippen LogP contribution in [0.15, 0.2) is 18.2 Å². The first-order valence-corrected chi connectivity index (χ1v) is 7.38. The van der Waals surface area contributed by atoms with Crippen LogP contribution in [0.2, 0.25) is 0 Å². The fourth-order valence-electron chi connectivity index (χ4n) is 2.97. The van der Waals surface area contributed by atoms with Crippen LogP contribution in [-0.4, -0.2) is 18.5 Å². The van der Waals surface area contributed by atoms with Gasteiger partial charge in [-0.2, -0.15) is 0 Å². The topological polar surface area (TPSA) is 67.2 Å². The maximum atomic E-state index is 10.9. The van der Waals surface area contributed by atoms with Crippen LogP contribution in [0.5, 0.6) is 0 Å². The zero-order valence-electron chi connectivity index (χ0n) is 11.8. The summed E-state index contributed by atoms with van der Waals surface area (Å²) in [6, 6.07) is 5.12. The average molecular weight is 275 g/mol. The molecule has 2 aliphatic carbocycles. The van der Waals surface area contributed by atoms with Crippen molar-refractivity contribution in [2.75, 3.05) is 24.2 Å². The largest absolute Gasteiger partial charge is 0.388 e. The molecule has 2 saturated carbocycles. The molecule has 1 aromatic carbocycles. The summed E-state index contributed by atoms with van der Waals surface area (Å²) in [4.78, 5) is 10.6. The Morgan fingerprint density at radius 2 is 1.80 bits per heavy atom. The van der Waals surface area contributed by atoms with Crippen molar-refractivity contribution in [2.45, 2.75) is 25.7 Å². The standard InChI is InChI=1S/C15H21N3O2/c1-16-12-6-13(8-14(7-12)18(19)20)17-9-15(10-2-3-10)11-4-5-11/h6-8,10-11,15-17H,2-5,9H2,1H3. The van der Waals surface area contributed by atoms with Gasteiger partial charge in [-0.05, 0) is 49.5 Å². The van der Waals surface area contributed by atoms with Gasteiger partial charge in [0.25, 0.3) is 5.69 Å². The summed E-state index contributed by atoms with van der Waals surface area (Å²) in [5.41, 5.74) is 1.75. The maximum Gasteiger partial charge on any atom is 0.273 e. The zero-order valence-corrected chi connectivity index (χ0v) is 11.8. The number of nitrogens with zero attached hydrogens (tertiary/aromatic N) is 1. The van der Waals surface area contributed by atoms with Gasteiger partial charge in [0.2, 0.25) is 0 Å². The van der Waals surface area contributed by atoms with Crippen LogP contribution in [-0.2, 0) is 0 Å². The van der Waals surface area contributed by atoms with Gasteiger partial charge in [-0.25, -0.2) is 0 Å². The molecule has 0 spiro atoms. The van der Waals surface area contributed by atoms with Crippen LogP contribution in [0.3, 0.4) is 0 Å². The summed E-state index contributed by atoms with van der Waals surface area (Å²) < 4.78 is 0. The number of rotatable bonds is 7. The second-order valence-electron chi connectivity index (χ2n) is 6.00. The van der Waals surface area contributed by atoms with Crippen molar-refractivity contribution >= 4 is 17.1 Å². The molecule has 0 heterocycles. The Bertz CT molecular complexity index is 498. The molecule has 5 nitrogen and oxygen atoms in total. The lowest BCUT2D eigenvalue weighted by atomic mass is 9.98. The molecular formula is C15H21N3O2. The second kappa shape index (κ2) is 5.31. The van der Waals surface area contributed by atoms with Gasteiger partial charge >= 0.3 is 0 Å². The molecule has 0 aliphatic heterocycles. The van der Waals surface area contributed by atoms with Gasteiger partial charge in [0.05, 0.1) is 4.92 Å². The Morgan fingerprint density at radius 3 is 2.30 bits per heavy atom. The Balaban J connectivity index is 1.69. The summed E-state index contributed by atoms with van der Waals surface area (Å²) >= 11 is 0. The third-order valence-electron chi connectivity index (χ3n) is 4.41. The van der Waals surface area contributed by atoms with Gasteiger partial charge in [0.15, 0.2) is 0 Å². The van der Waals surface area contributed by atoms with E-state index in [1.807, 2.05) is 6.07 Å². The molecule has 0 atom stereocenters. The summed E-state index contributed by atoms with van der Waals surface area (Å²) in [6.07, 6.45) is 5.44. The molecule has 0 radical (unpaired) electrons. The van der Waals surface area contributed by atoms with Gasteiger partial charge in [-0.15, -0.1) is 0 Å². The highest BCUT2D eigenvalue weighted by Gasteiger charge is 2.40. The van der Waals surface area contributed by atoms with Crippen molar-refractivity contribution in [3.63, 3.8) is 0 Å². The van der Waals surface area contributed by atoms with Gasteiger partial charge < -0.3 is 10.6 Å². The van der Waals surface area contributed by atoms with Crippen molar-refractivity contribution in [3.8, 4) is 0 Å². The first-order valence-electron chi connectivity index (χ1n) is 7.38. The lowest BCUT2D eigenvalue weighted by molar-refractivity contribution is -0.384. The van der Waals surface area contributed by atoms with Gasteiger partial charge in [-0.1, -0.05) is 0 Å². The monoisotopic (exact) mass is 275 g/mol. The number of anilines is 2. The molecule has 20 heavy (non-hydrogen) atoms. The molecule has 108 valence electrons. The number of benzene rings is 1. The van der Waals surface area contributed by atoms with Crippen molar-refractivity contribution in [2.24, 2.45) is 17.8 Å². The lowest BCUT2D eigenvalue weighted by Crippen LogP contribution is -2.18. The predicted octanol–water partition coefficient (Wildman–Crippen LogP) is 3.48. The molecule has 2 fully saturated rings. The fourth-order valence-corrected chi connectivity index (χ4v) is 2.97. The highest BCUT2D eigenvalue weighted by molar-refractivity contribution is 5.63. The van der Waals surface area contributed by atoms with E-state index < -0.39 is 0 Å². The summed E-state index contributed by atoms with van der Waals surface area (Å²) in [6.45, 7) is 0.944. The minimum Gasteiger partial charge on any atom is -0.388 e. The number of nitro groups is 1. The van der Waals surface area contributed by atoms with E-state index in [2.05, 4.69) is 10.6 Å². The molecule has 0 bridgehead atoms. The molecule has 3 rings (SSSR count). The van der Waals surface area contributed by atoms with Crippen LogP contribution in [0.4, 0.5) is 17.1 Å². The molecule has 5 heteroatoms. The molecule has 0 amide bonds. The molecule has 0 aromatic heterocycles. The van der Waals surface area contributed by atoms with Crippen molar-refractivity contribution < 1.29 is 4.92 Å². The SMILES string of the molecule is CNc1cc(NCC(C2CC2)C2CC2)cc([N+](=O)[O-])c1. The minimum atomic E-state index is -0.342. The van der Waals surface area contributed by atoms with E-state index in [1.165, 1.54) is 25.7 Å². The first kappa shape index (κ1) is 13.2. The van der Waals surface area contributed by atoms with Crippen molar-refractivity contribution in [3.05, 3.63) is 28.3 Å². The normalized spacial score (nSPS) is 18.1. The molecular weight excluding hydrogens is 254 g/mol. The minimum absolute atomic E-state index is 0.133. The Hall–Kier alpha value is -1.78. The van der Waals surface area contributed by atoms with E-state index in [-0.39, 0.29) is 10.6 Å². The second-order valence-corrected chi connectivity index (χ2v) is 6.00. The zero-order chi connectivity index (χ0) is 14.1. The Kier molecular flexibility index (Phi) is 3.51. The van der Waals surface area contributed by atoms with E-state index in [1.54, 1.807) is 19.2 Å². The molecule has 0 unspecified atom stereocenters. The Labute approximate surface area is 118 Å². The molecule has 0 saturated heterocycles. The van der Waals surface area contributed by atoms with Crippen molar-refractivity contribution in [1.29, 1.82) is 0 Å². The first-order chi connectivity index (χ1) is 9.67. The van der Waals surface area contributed by atoms with Gasteiger partial charge in [0, 0.05) is 37.1 Å². The van der Waals surface area contributed by atoms with Crippen LogP contribution in [0, 0.1) is 27.9 Å². The summed E-state index contributed by atoms with van der Waals surface area (Å²) in [5.74, 6) is 2.53. The summed E-state index contributed by atoms with van der Waals surface area (Å²) in [5, 5.41) is 17.3. The highest BCUT2D eigenvalue weighted by Crippen LogP contribution is 2.49. The van der Waals surface area contributed by atoms with E-state index in [0.29, 0.717) is 0 Å². The van der Waals surface area contributed by atoms with E-state index >= 15 is 0 Å². The predicted molar refractivity (Wildman–Crippen MR) is 80.1 cm³/mol. The quantitative estimate of drug-likeness (QED) is 0.590. The maximum absolute atomic E-state index is 10.9. The average Bonchev–Trinajstić information content (AvgIpc) is 3.31. The molecule has 2 N–H and O–H groups in total. The number of nitro benzene ring substituents is 1. The van der Waals surface area contributed by atoms with Crippen LogP contribution < -0.4 is 10.6 Å². The fraction of sp³-hybridized carbons (Fsp3) is 0.600. The third kappa shape index (κ3) is 3.03. The smallest absolute Gasteiger partial charge is 0.273 e. The van der Waals surface area contributed by atoms with Gasteiger partial charge in [-0.3, -0.25) is 10.1 Å². The molecule has 1 aromatic rings. The van der Waals surface area contributed by atoms with Gasteiger partial charge in [0.1, 0.15) is 0 Å². The van der Waals surface area contributed by atoms with Crippen LogP contribution in [0.25, 0.3) is 0 Å².